The van der Waals surface area contributed by atoms with E-state index in [9.17, 15) is 14.0 Å². The Morgan fingerprint density at radius 3 is 2.15 bits per heavy atom. The Bertz CT molecular complexity index is 796. The van der Waals surface area contributed by atoms with E-state index >= 15 is 0 Å². The van der Waals surface area contributed by atoms with Gasteiger partial charge in [-0.15, -0.1) is 0 Å². The Hall–Kier alpha value is -2.69. The lowest BCUT2D eigenvalue weighted by Crippen LogP contribution is -2.35. The Morgan fingerprint density at radius 1 is 0.926 bits per heavy atom. The van der Waals surface area contributed by atoms with E-state index in [0.717, 1.165) is 5.56 Å². The van der Waals surface area contributed by atoms with Crippen molar-refractivity contribution in [2.45, 2.75) is 39.2 Å². The highest BCUT2D eigenvalue weighted by atomic mass is 19.1. The molecule has 0 aliphatic heterocycles. The minimum atomic E-state index is -0.329. The monoisotopic (exact) mass is 368 g/mol. The molecule has 0 aromatic heterocycles. The van der Waals surface area contributed by atoms with Crippen LogP contribution < -0.4 is 10.6 Å². The SMILES string of the molecule is Cc1ccccc1CNC(=O)C1CCC(C(=O)Nc2ccc(F)cc2)CC1. The van der Waals surface area contributed by atoms with Crippen LogP contribution in [-0.4, -0.2) is 11.8 Å². The van der Waals surface area contributed by atoms with Crippen molar-refractivity contribution in [1.29, 1.82) is 0 Å². The number of halogens is 1. The van der Waals surface area contributed by atoms with Gasteiger partial charge in [0, 0.05) is 24.1 Å². The Kier molecular flexibility index (Phi) is 6.22. The Balaban J connectivity index is 1.45. The Labute approximate surface area is 159 Å². The summed E-state index contributed by atoms with van der Waals surface area (Å²) in [5, 5.41) is 5.85. The van der Waals surface area contributed by atoms with E-state index in [0.29, 0.717) is 37.9 Å². The normalized spacial score (nSPS) is 19.3. The highest BCUT2D eigenvalue weighted by molar-refractivity contribution is 5.92. The minimum Gasteiger partial charge on any atom is -0.352 e. The zero-order chi connectivity index (χ0) is 19.2. The molecule has 2 aromatic rings. The van der Waals surface area contributed by atoms with Gasteiger partial charge in [0.15, 0.2) is 0 Å². The third kappa shape index (κ3) is 5.16. The largest absolute Gasteiger partial charge is 0.352 e. The van der Waals surface area contributed by atoms with Gasteiger partial charge >= 0.3 is 0 Å². The lowest BCUT2D eigenvalue weighted by Gasteiger charge is -2.27. The first kappa shape index (κ1) is 19.1. The van der Waals surface area contributed by atoms with E-state index in [2.05, 4.69) is 10.6 Å². The number of nitrogens with one attached hydrogen (secondary N) is 2. The maximum atomic E-state index is 12.9. The van der Waals surface area contributed by atoms with Crippen LogP contribution in [0.25, 0.3) is 0 Å². The number of anilines is 1. The molecule has 27 heavy (non-hydrogen) atoms. The molecule has 0 atom stereocenters. The molecule has 1 saturated carbocycles. The van der Waals surface area contributed by atoms with Gasteiger partial charge in [0.2, 0.25) is 11.8 Å². The number of carbonyl (C=O) groups excluding carboxylic acids is 2. The second kappa shape index (κ2) is 8.80. The molecule has 3 rings (SSSR count). The van der Waals surface area contributed by atoms with Crippen LogP contribution in [0.4, 0.5) is 10.1 Å². The van der Waals surface area contributed by atoms with Crippen LogP contribution in [-0.2, 0) is 16.1 Å². The quantitative estimate of drug-likeness (QED) is 0.831. The van der Waals surface area contributed by atoms with Gasteiger partial charge in [-0.3, -0.25) is 9.59 Å². The molecular weight excluding hydrogens is 343 g/mol. The van der Waals surface area contributed by atoms with Crippen LogP contribution in [0.1, 0.15) is 36.8 Å². The predicted octanol–water partition coefficient (Wildman–Crippen LogP) is 4.20. The average molecular weight is 368 g/mol. The zero-order valence-corrected chi connectivity index (χ0v) is 15.5. The molecule has 1 aliphatic rings. The molecule has 0 heterocycles. The highest BCUT2D eigenvalue weighted by Gasteiger charge is 2.29. The number of aryl methyl sites for hydroxylation is 1. The van der Waals surface area contributed by atoms with Crippen molar-refractivity contribution < 1.29 is 14.0 Å². The van der Waals surface area contributed by atoms with Gasteiger partial charge in [-0.05, 0) is 68.0 Å². The summed E-state index contributed by atoms with van der Waals surface area (Å²) >= 11 is 0. The van der Waals surface area contributed by atoms with Crippen molar-refractivity contribution in [1.82, 2.24) is 5.32 Å². The van der Waals surface area contributed by atoms with Gasteiger partial charge < -0.3 is 10.6 Å². The van der Waals surface area contributed by atoms with Crippen LogP contribution in [0.3, 0.4) is 0 Å². The van der Waals surface area contributed by atoms with Gasteiger partial charge in [-0.1, -0.05) is 24.3 Å². The van der Waals surface area contributed by atoms with Crippen molar-refractivity contribution in [3.63, 3.8) is 0 Å². The van der Waals surface area contributed by atoms with Crippen LogP contribution in [0.2, 0.25) is 0 Å². The lowest BCUT2D eigenvalue weighted by molar-refractivity contribution is -0.128. The highest BCUT2D eigenvalue weighted by Crippen LogP contribution is 2.30. The summed E-state index contributed by atoms with van der Waals surface area (Å²) < 4.78 is 12.9. The zero-order valence-electron chi connectivity index (χ0n) is 15.5. The standard InChI is InChI=1S/C22H25FN2O2/c1-15-4-2-3-5-18(15)14-24-21(26)16-6-8-17(9-7-16)22(27)25-20-12-10-19(23)11-13-20/h2-5,10-13,16-17H,6-9,14H2,1H3,(H,24,26)(H,25,27). The summed E-state index contributed by atoms with van der Waals surface area (Å²) in [6, 6.07) is 13.8. The summed E-state index contributed by atoms with van der Waals surface area (Å²) in [7, 11) is 0. The first-order chi connectivity index (χ1) is 13.0. The molecule has 0 bridgehead atoms. The molecule has 0 radical (unpaired) electrons. The van der Waals surface area contributed by atoms with Crippen molar-refractivity contribution in [3.8, 4) is 0 Å². The first-order valence-electron chi connectivity index (χ1n) is 9.41. The summed E-state index contributed by atoms with van der Waals surface area (Å²) in [6.45, 7) is 2.57. The number of benzene rings is 2. The summed E-state index contributed by atoms with van der Waals surface area (Å²) in [5.41, 5.74) is 2.89. The fourth-order valence-corrected chi connectivity index (χ4v) is 3.53. The number of hydrogen-bond donors (Lipinski definition) is 2. The molecule has 0 spiro atoms. The van der Waals surface area contributed by atoms with Crippen molar-refractivity contribution in [3.05, 3.63) is 65.5 Å². The fraction of sp³-hybridized carbons (Fsp3) is 0.364. The molecule has 2 aromatic carbocycles. The summed E-state index contributed by atoms with van der Waals surface area (Å²) in [5.74, 6) is -0.458. The van der Waals surface area contributed by atoms with Gasteiger partial charge in [-0.25, -0.2) is 4.39 Å². The molecule has 2 amide bonds. The lowest BCUT2D eigenvalue weighted by atomic mass is 9.81. The minimum absolute atomic E-state index is 0.0381. The van der Waals surface area contributed by atoms with E-state index < -0.39 is 0 Å². The molecule has 2 N–H and O–H groups in total. The van der Waals surface area contributed by atoms with Gasteiger partial charge in [0.25, 0.3) is 0 Å². The van der Waals surface area contributed by atoms with Crippen LogP contribution in [0.15, 0.2) is 48.5 Å². The smallest absolute Gasteiger partial charge is 0.227 e. The molecule has 4 nitrogen and oxygen atoms in total. The molecule has 0 saturated heterocycles. The number of hydrogen-bond acceptors (Lipinski definition) is 2. The van der Waals surface area contributed by atoms with Gasteiger partial charge in [0.1, 0.15) is 5.82 Å². The number of amides is 2. The summed E-state index contributed by atoms with van der Waals surface area (Å²) in [6.07, 6.45) is 2.80. The number of rotatable bonds is 5. The third-order valence-corrected chi connectivity index (χ3v) is 5.29. The van der Waals surface area contributed by atoms with E-state index in [1.165, 1.54) is 17.7 Å². The molecule has 1 aliphatic carbocycles. The van der Waals surface area contributed by atoms with Gasteiger partial charge in [-0.2, -0.15) is 0 Å². The topological polar surface area (TPSA) is 58.2 Å². The van der Waals surface area contributed by atoms with Crippen molar-refractivity contribution >= 4 is 17.5 Å². The van der Waals surface area contributed by atoms with Crippen molar-refractivity contribution in [2.75, 3.05) is 5.32 Å². The molecule has 5 heteroatoms. The van der Waals surface area contributed by atoms with Gasteiger partial charge in [0.05, 0.1) is 0 Å². The molecule has 0 unspecified atom stereocenters. The summed E-state index contributed by atoms with van der Waals surface area (Å²) in [4.78, 5) is 24.8. The molecular formula is C22H25FN2O2. The van der Waals surface area contributed by atoms with E-state index in [1.54, 1.807) is 12.1 Å². The van der Waals surface area contributed by atoms with Crippen LogP contribution in [0, 0.1) is 24.6 Å². The fourth-order valence-electron chi connectivity index (χ4n) is 3.53. The third-order valence-electron chi connectivity index (χ3n) is 5.29. The second-order valence-electron chi connectivity index (χ2n) is 7.19. The van der Waals surface area contributed by atoms with E-state index in [1.807, 2.05) is 31.2 Å². The van der Waals surface area contributed by atoms with E-state index in [-0.39, 0.29) is 29.5 Å². The Morgan fingerprint density at radius 2 is 1.52 bits per heavy atom. The molecule has 142 valence electrons. The maximum absolute atomic E-state index is 12.9. The predicted molar refractivity (Wildman–Crippen MR) is 104 cm³/mol. The first-order valence-corrected chi connectivity index (χ1v) is 9.41. The maximum Gasteiger partial charge on any atom is 0.227 e. The van der Waals surface area contributed by atoms with Crippen LogP contribution in [0.5, 0.6) is 0 Å². The van der Waals surface area contributed by atoms with Crippen molar-refractivity contribution in [2.24, 2.45) is 11.8 Å². The molecule has 1 fully saturated rings. The van der Waals surface area contributed by atoms with E-state index in [4.69, 9.17) is 0 Å². The number of carbonyl (C=O) groups is 2. The van der Waals surface area contributed by atoms with Crippen LogP contribution >= 0.6 is 0 Å². The second-order valence-corrected chi connectivity index (χ2v) is 7.19. The average Bonchev–Trinajstić information content (AvgIpc) is 2.69.